The third kappa shape index (κ3) is 52.6. The first-order valence-electron chi connectivity index (χ1n) is 31.5. The fourth-order valence-electron chi connectivity index (χ4n) is 8.95. The van der Waals surface area contributed by atoms with Crippen molar-refractivity contribution in [3.8, 4) is 0 Å². The maximum Gasteiger partial charge on any atom is 0.407 e. The van der Waals surface area contributed by atoms with E-state index in [-0.39, 0.29) is 51.9 Å². The van der Waals surface area contributed by atoms with Crippen molar-refractivity contribution in [3.05, 3.63) is 0 Å². The number of likely N-dealkylation sites (N-methyl/N-ethyl adjacent to an activating group) is 1. The molecule has 0 aromatic heterocycles. The lowest BCUT2D eigenvalue weighted by Gasteiger charge is -2.20. The molecule has 0 rings (SSSR count). The SMILES string of the molecule is CCCCCCCCCCCOC(=O)CCCCCCCC(=O)OCC(COC(=O)CCCCCCCC(=O)OCCCCCCCCCCC)OC(=O)CCCC(CCCCCCCC)OC(=O)NCCN(C)CC.[HH]. The number of carbonyl (C=O) groups is 6. The smallest absolute Gasteiger partial charge is 0.407 e. The summed E-state index contributed by atoms with van der Waals surface area (Å²) in [4.78, 5) is 77.9. The molecule has 0 aromatic rings. The van der Waals surface area contributed by atoms with Gasteiger partial charge in [0.2, 0.25) is 0 Å². The lowest BCUT2D eigenvalue weighted by molar-refractivity contribution is -0.167. The van der Waals surface area contributed by atoms with Crippen LogP contribution in [0, 0.1) is 0 Å². The molecule has 0 bridgehead atoms. The minimum absolute atomic E-state index is 0. The fourth-order valence-corrected chi connectivity index (χ4v) is 8.95. The van der Waals surface area contributed by atoms with Gasteiger partial charge in [-0.3, -0.25) is 24.0 Å². The van der Waals surface area contributed by atoms with E-state index in [2.05, 4.69) is 37.9 Å². The van der Waals surface area contributed by atoms with Crippen molar-refractivity contribution < 1.29 is 58.6 Å². The fraction of sp³-hybridized carbons (Fsp3) is 0.903. The highest BCUT2D eigenvalue weighted by Gasteiger charge is 2.21. The monoisotopic (exact) mass is 1080 g/mol. The Balaban J connectivity index is 0. The molecule has 0 heterocycles. The van der Waals surface area contributed by atoms with Crippen LogP contribution in [0.2, 0.25) is 0 Å². The van der Waals surface area contributed by atoms with Gasteiger partial charge in [0.05, 0.1) is 13.2 Å². The zero-order chi connectivity index (χ0) is 55.8. The van der Waals surface area contributed by atoms with Crippen LogP contribution < -0.4 is 5.32 Å². The topological polar surface area (TPSA) is 173 Å². The zero-order valence-electron chi connectivity index (χ0n) is 49.6. The van der Waals surface area contributed by atoms with Crippen LogP contribution in [0.5, 0.6) is 0 Å². The van der Waals surface area contributed by atoms with Gasteiger partial charge < -0.3 is 38.6 Å². The molecule has 1 unspecified atom stereocenters. The standard InChI is InChI=1S/C62H116N2O12.H2/c1-6-10-13-16-19-21-23-32-39-51-71-57(65)44-35-28-25-30-37-46-59(67)73-53-56(54-74-60(68)47-38-31-26-29-36-45-58(66)72-52-40-33-24-22-20-17-14-11-7-2)75-61(69)48-41-43-55(42-34-27-18-15-12-8-3)76-62(70)63-49-50-64(5)9-4;/h55-56H,6-54H2,1-5H3,(H,63,70);1H. The van der Waals surface area contributed by atoms with Crippen LogP contribution >= 0.6 is 0 Å². The van der Waals surface area contributed by atoms with Crippen molar-refractivity contribution in [2.24, 2.45) is 0 Å². The zero-order valence-corrected chi connectivity index (χ0v) is 49.6. The maximum absolute atomic E-state index is 13.2. The molecule has 0 fully saturated rings. The molecule has 14 nitrogen and oxygen atoms in total. The second-order valence-corrected chi connectivity index (χ2v) is 21.4. The third-order valence-electron chi connectivity index (χ3n) is 14.1. The Kier molecular flexibility index (Phi) is 53.8. The van der Waals surface area contributed by atoms with Gasteiger partial charge >= 0.3 is 35.9 Å². The van der Waals surface area contributed by atoms with Crippen LogP contribution in [-0.4, -0.2) is 106 Å². The summed E-state index contributed by atoms with van der Waals surface area (Å²) in [6, 6.07) is 0. The molecule has 1 atom stereocenters. The molecular formula is C62H118N2O12. The number of nitrogens with zero attached hydrogens (tertiary/aromatic N) is 1. The van der Waals surface area contributed by atoms with Gasteiger partial charge in [0.15, 0.2) is 6.10 Å². The van der Waals surface area contributed by atoms with E-state index in [4.69, 9.17) is 28.4 Å². The van der Waals surface area contributed by atoms with Gasteiger partial charge in [-0.15, -0.1) is 0 Å². The first kappa shape index (κ1) is 72.6. The van der Waals surface area contributed by atoms with Crippen molar-refractivity contribution in [3.63, 3.8) is 0 Å². The molecule has 0 spiro atoms. The van der Waals surface area contributed by atoms with Crippen molar-refractivity contribution >= 4 is 35.9 Å². The number of hydrogen-bond acceptors (Lipinski definition) is 13. The molecule has 0 radical (unpaired) electrons. The average molecular weight is 1080 g/mol. The van der Waals surface area contributed by atoms with E-state index in [0.29, 0.717) is 71.2 Å². The summed E-state index contributed by atoms with van der Waals surface area (Å²) < 4.78 is 33.5. The molecule has 0 aliphatic carbocycles. The van der Waals surface area contributed by atoms with E-state index in [1.54, 1.807) is 0 Å². The number of unbranched alkanes of at least 4 members (excludes halogenated alkanes) is 29. The normalized spacial score (nSPS) is 11.7. The summed E-state index contributed by atoms with van der Waals surface area (Å²) in [6.45, 7) is 11.3. The summed E-state index contributed by atoms with van der Waals surface area (Å²) >= 11 is 0. The highest BCUT2D eigenvalue weighted by Crippen LogP contribution is 2.18. The summed E-state index contributed by atoms with van der Waals surface area (Å²) in [7, 11) is 1.99. The van der Waals surface area contributed by atoms with Crippen molar-refractivity contribution in [2.75, 3.05) is 53.1 Å². The van der Waals surface area contributed by atoms with E-state index in [9.17, 15) is 28.8 Å². The number of nitrogens with one attached hydrogen (secondary N) is 1. The van der Waals surface area contributed by atoms with Gasteiger partial charge in [-0.2, -0.15) is 0 Å². The predicted molar refractivity (Wildman–Crippen MR) is 308 cm³/mol. The van der Waals surface area contributed by atoms with E-state index in [1.807, 2.05) is 7.05 Å². The number of amides is 1. The van der Waals surface area contributed by atoms with Crippen LogP contribution in [0.25, 0.3) is 0 Å². The number of carbonyl (C=O) groups excluding carboxylic acids is 6. The summed E-state index contributed by atoms with van der Waals surface area (Å²) in [6.07, 6.45) is 37.7. The van der Waals surface area contributed by atoms with Gasteiger partial charge in [0.25, 0.3) is 0 Å². The first-order chi connectivity index (χ1) is 37.0. The van der Waals surface area contributed by atoms with Crippen molar-refractivity contribution in [1.82, 2.24) is 10.2 Å². The molecule has 0 saturated heterocycles. The molecule has 1 amide bonds. The largest absolute Gasteiger partial charge is 0.466 e. The molecule has 14 heteroatoms. The second kappa shape index (κ2) is 56.3. The molecule has 76 heavy (non-hydrogen) atoms. The van der Waals surface area contributed by atoms with E-state index < -0.39 is 30.1 Å². The van der Waals surface area contributed by atoms with E-state index in [1.165, 1.54) is 109 Å². The molecule has 0 aliphatic heterocycles. The van der Waals surface area contributed by atoms with Crippen LogP contribution in [0.1, 0.15) is 299 Å². The minimum Gasteiger partial charge on any atom is -0.466 e. The number of esters is 5. The Morgan fingerprint density at radius 2 is 0.697 bits per heavy atom. The molecule has 0 aromatic carbocycles. The van der Waals surface area contributed by atoms with Gasteiger partial charge in [0, 0.05) is 46.6 Å². The van der Waals surface area contributed by atoms with Gasteiger partial charge in [-0.25, -0.2) is 4.79 Å². The van der Waals surface area contributed by atoms with Crippen molar-refractivity contribution in [2.45, 2.75) is 310 Å². The van der Waals surface area contributed by atoms with Crippen LogP contribution in [0.3, 0.4) is 0 Å². The summed E-state index contributed by atoms with van der Waals surface area (Å²) in [5.41, 5.74) is 0. The molecule has 1 N–H and O–H groups in total. The lowest BCUT2D eigenvalue weighted by atomic mass is 10.0. The summed E-state index contributed by atoms with van der Waals surface area (Å²) in [5, 5.41) is 2.85. The molecular weight excluding hydrogens is 965 g/mol. The Labute approximate surface area is 465 Å². The van der Waals surface area contributed by atoms with Crippen LogP contribution in [0.15, 0.2) is 0 Å². The predicted octanol–water partition coefficient (Wildman–Crippen LogP) is 15.8. The van der Waals surface area contributed by atoms with Gasteiger partial charge in [-0.1, -0.05) is 201 Å². The third-order valence-corrected chi connectivity index (χ3v) is 14.1. The first-order valence-corrected chi connectivity index (χ1v) is 31.5. The van der Waals surface area contributed by atoms with Crippen molar-refractivity contribution in [1.29, 1.82) is 0 Å². The number of hydrogen-bond donors (Lipinski definition) is 1. The van der Waals surface area contributed by atoms with E-state index in [0.717, 1.165) is 103 Å². The second-order valence-electron chi connectivity index (χ2n) is 21.4. The molecule has 0 saturated carbocycles. The van der Waals surface area contributed by atoms with Gasteiger partial charge in [0.1, 0.15) is 19.3 Å². The Morgan fingerprint density at radius 1 is 0.368 bits per heavy atom. The lowest BCUT2D eigenvalue weighted by Crippen LogP contribution is -2.35. The maximum atomic E-state index is 13.2. The van der Waals surface area contributed by atoms with E-state index >= 15 is 0 Å². The Morgan fingerprint density at radius 3 is 1.09 bits per heavy atom. The Hall–Kier alpha value is -3.42. The average Bonchev–Trinajstić information content (AvgIpc) is 3.40. The number of alkyl carbamates (subject to hydrolysis) is 1. The minimum atomic E-state index is -0.970. The quantitative estimate of drug-likeness (QED) is 0.0347. The Bertz CT molecular complexity index is 1320. The summed E-state index contributed by atoms with van der Waals surface area (Å²) in [5.74, 6) is -1.64. The van der Waals surface area contributed by atoms with Gasteiger partial charge in [-0.05, 0) is 77.8 Å². The van der Waals surface area contributed by atoms with Crippen LogP contribution in [-0.2, 0) is 52.4 Å². The number of rotatable bonds is 57. The molecule has 448 valence electrons. The van der Waals surface area contributed by atoms with Crippen LogP contribution in [0.4, 0.5) is 4.79 Å². The number of ether oxygens (including phenoxy) is 6. The highest BCUT2D eigenvalue weighted by atomic mass is 16.6. The molecule has 0 aliphatic rings. The highest BCUT2D eigenvalue weighted by molar-refractivity contribution is 5.71.